The van der Waals surface area contributed by atoms with E-state index in [2.05, 4.69) is 5.32 Å². The maximum atomic E-state index is 12.4. The Kier molecular flexibility index (Phi) is 6.56. The Morgan fingerprint density at radius 3 is 2.85 bits per heavy atom. The van der Waals surface area contributed by atoms with Gasteiger partial charge in [0, 0.05) is 42.2 Å². The minimum atomic E-state index is -0.0276. The van der Waals surface area contributed by atoms with Crippen LogP contribution < -0.4 is 10.1 Å². The Hall–Kier alpha value is -2.27. The molecule has 27 heavy (non-hydrogen) atoms. The number of benzene rings is 1. The van der Waals surface area contributed by atoms with Crippen LogP contribution in [0.4, 0.5) is 0 Å². The second-order valence-corrected chi connectivity index (χ2v) is 7.35. The zero-order chi connectivity index (χ0) is 19.2. The number of ether oxygens (including phenoxy) is 1. The standard InChI is InChI=1S/C21H25ClN2O3/c1-2-9-23-21(26)16-7-10-24(11-8-16)20(25)6-3-15-12-17-13-18(22)4-5-19(17)27-14-15/h3-6,12-13,16H,2,7-11,14H2,1H3,(H,23,26)/b6-3+. The van der Waals surface area contributed by atoms with Crippen LogP contribution in [0, 0.1) is 5.92 Å². The molecule has 0 aromatic heterocycles. The van der Waals surface area contributed by atoms with Gasteiger partial charge in [-0.2, -0.15) is 0 Å². The van der Waals surface area contributed by atoms with Gasteiger partial charge in [0.2, 0.25) is 11.8 Å². The minimum absolute atomic E-state index is 0.0142. The molecule has 0 unspecified atom stereocenters. The summed E-state index contributed by atoms with van der Waals surface area (Å²) in [5.41, 5.74) is 1.84. The van der Waals surface area contributed by atoms with Crippen molar-refractivity contribution in [2.75, 3.05) is 26.2 Å². The number of amides is 2. The minimum Gasteiger partial charge on any atom is -0.488 e. The molecule has 2 heterocycles. The highest BCUT2D eigenvalue weighted by Gasteiger charge is 2.26. The second-order valence-electron chi connectivity index (χ2n) is 6.91. The van der Waals surface area contributed by atoms with Gasteiger partial charge >= 0.3 is 0 Å². The molecule has 0 saturated carbocycles. The fraction of sp³-hybridized carbons (Fsp3) is 0.429. The van der Waals surface area contributed by atoms with E-state index in [0.717, 1.165) is 23.3 Å². The largest absolute Gasteiger partial charge is 0.488 e. The molecule has 1 fully saturated rings. The molecule has 1 N–H and O–H groups in total. The SMILES string of the molecule is CCCNC(=O)C1CCN(C(=O)/C=C/C2=Cc3cc(Cl)ccc3OC2)CC1. The fourth-order valence-corrected chi connectivity index (χ4v) is 3.48. The third-order valence-corrected chi connectivity index (χ3v) is 5.11. The van der Waals surface area contributed by atoms with Crippen LogP contribution in [0.2, 0.25) is 5.02 Å². The predicted molar refractivity (Wildman–Crippen MR) is 107 cm³/mol. The predicted octanol–water partition coefficient (Wildman–Crippen LogP) is 3.44. The molecule has 2 amide bonds. The molecule has 1 saturated heterocycles. The molecule has 6 heteroatoms. The van der Waals surface area contributed by atoms with Crippen molar-refractivity contribution in [2.45, 2.75) is 26.2 Å². The molecule has 1 aromatic rings. The van der Waals surface area contributed by atoms with Gasteiger partial charge in [0.05, 0.1) is 0 Å². The summed E-state index contributed by atoms with van der Waals surface area (Å²) < 4.78 is 5.69. The molecule has 0 aliphatic carbocycles. The van der Waals surface area contributed by atoms with E-state index in [4.69, 9.17) is 16.3 Å². The van der Waals surface area contributed by atoms with E-state index >= 15 is 0 Å². The summed E-state index contributed by atoms with van der Waals surface area (Å²) in [5.74, 6) is 0.896. The van der Waals surface area contributed by atoms with Crippen LogP contribution in [0.5, 0.6) is 5.75 Å². The number of hydrogen-bond donors (Lipinski definition) is 1. The molecule has 1 aromatic carbocycles. The van der Waals surface area contributed by atoms with Crippen LogP contribution in [0.3, 0.4) is 0 Å². The molecule has 3 rings (SSSR count). The van der Waals surface area contributed by atoms with Crippen molar-refractivity contribution < 1.29 is 14.3 Å². The lowest BCUT2D eigenvalue weighted by molar-refractivity contribution is -0.132. The first-order chi connectivity index (χ1) is 13.1. The van der Waals surface area contributed by atoms with E-state index < -0.39 is 0 Å². The summed E-state index contributed by atoms with van der Waals surface area (Å²) in [7, 11) is 0. The van der Waals surface area contributed by atoms with Gasteiger partial charge in [-0.25, -0.2) is 0 Å². The van der Waals surface area contributed by atoms with Gasteiger partial charge in [-0.3, -0.25) is 9.59 Å². The Balaban J connectivity index is 1.53. The highest BCUT2D eigenvalue weighted by atomic mass is 35.5. The number of nitrogens with zero attached hydrogens (tertiary/aromatic N) is 1. The van der Waals surface area contributed by atoms with Gasteiger partial charge in [-0.15, -0.1) is 0 Å². The van der Waals surface area contributed by atoms with Crippen molar-refractivity contribution in [1.29, 1.82) is 0 Å². The van der Waals surface area contributed by atoms with Gasteiger partial charge in [-0.1, -0.05) is 24.6 Å². The molecule has 5 nitrogen and oxygen atoms in total. The quantitative estimate of drug-likeness (QED) is 0.786. The third kappa shape index (κ3) is 5.13. The van der Waals surface area contributed by atoms with Gasteiger partial charge in [0.25, 0.3) is 0 Å². The number of carbonyl (C=O) groups excluding carboxylic acids is 2. The molecule has 144 valence electrons. The average molecular weight is 389 g/mol. The highest BCUT2D eigenvalue weighted by Crippen LogP contribution is 2.29. The van der Waals surface area contributed by atoms with Crippen molar-refractivity contribution in [3.05, 3.63) is 46.5 Å². The summed E-state index contributed by atoms with van der Waals surface area (Å²) in [5, 5.41) is 3.59. The number of hydrogen-bond acceptors (Lipinski definition) is 3. The molecule has 0 spiro atoms. The number of nitrogens with one attached hydrogen (secondary N) is 1. The molecule has 0 atom stereocenters. The molecule has 0 radical (unpaired) electrons. The summed E-state index contributed by atoms with van der Waals surface area (Å²) in [4.78, 5) is 26.3. The Morgan fingerprint density at radius 2 is 2.11 bits per heavy atom. The second kappa shape index (κ2) is 9.09. The van der Waals surface area contributed by atoms with Crippen LogP contribution in [-0.4, -0.2) is 43.0 Å². The van der Waals surface area contributed by atoms with E-state index in [-0.39, 0.29) is 17.7 Å². The normalized spacial score (nSPS) is 17.3. The van der Waals surface area contributed by atoms with Crippen molar-refractivity contribution in [2.24, 2.45) is 5.92 Å². The van der Waals surface area contributed by atoms with Crippen LogP contribution in [0.1, 0.15) is 31.7 Å². The third-order valence-electron chi connectivity index (χ3n) is 4.87. The number of piperidine rings is 1. The van der Waals surface area contributed by atoms with E-state index in [9.17, 15) is 9.59 Å². The number of fused-ring (bicyclic) bond motifs is 1. The van der Waals surface area contributed by atoms with E-state index in [0.29, 0.717) is 44.1 Å². The molecule has 2 aliphatic heterocycles. The number of carbonyl (C=O) groups is 2. The first-order valence-electron chi connectivity index (χ1n) is 9.44. The number of rotatable bonds is 5. The Morgan fingerprint density at radius 1 is 1.33 bits per heavy atom. The maximum absolute atomic E-state index is 12.4. The molecule has 2 aliphatic rings. The zero-order valence-electron chi connectivity index (χ0n) is 15.5. The Bertz CT molecular complexity index is 765. The zero-order valence-corrected chi connectivity index (χ0v) is 16.3. The fourth-order valence-electron chi connectivity index (χ4n) is 3.30. The molecule has 0 bridgehead atoms. The lowest BCUT2D eigenvalue weighted by Crippen LogP contribution is -2.42. The van der Waals surface area contributed by atoms with Crippen LogP contribution >= 0.6 is 11.6 Å². The van der Waals surface area contributed by atoms with Crippen LogP contribution in [-0.2, 0) is 9.59 Å². The number of halogens is 1. The summed E-state index contributed by atoms with van der Waals surface area (Å²) in [6.07, 6.45) is 7.73. The van der Waals surface area contributed by atoms with E-state index in [1.807, 2.05) is 25.1 Å². The van der Waals surface area contributed by atoms with Gasteiger partial charge in [0.1, 0.15) is 12.4 Å². The molecular formula is C21H25ClN2O3. The van der Waals surface area contributed by atoms with Crippen molar-refractivity contribution in [1.82, 2.24) is 10.2 Å². The van der Waals surface area contributed by atoms with Crippen molar-refractivity contribution in [3.8, 4) is 5.75 Å². The lowest BCUT2D eigenvalue weighted by atomic mass is 9.95. The maximum Gasteiger partial charge on any atom is 0.246 e. The molecular weight excluding hydrogens is 364 g/mol. The summed E-state index contributed by atoms with van der Waals surface area (Å²) in [6.45, 7) is 4.40. The first-order valence-corrected chi connectivity index (χ1v) is 9.82. The van der Waals surface area contributed by atoms with Gasteiger partial charge < -0.3 is 15.0 Å². The summed E-state index contributed by atoms with van der Waals surface area (Å²) in [6, 6.07) is 5.49. The van der Waals surface area contributed by atoms with Crippen molar-refractivity contribution in [3.63, 3.8) is 0 Å². The van der Waals surface area contributed by atoms with E-state index in [1.54, 1.807) is 23.1 Å². The van der Waals surface area contributed by atoms with Gasteiger partial charge in [-0.05, 0) is 49.1 Å². The monoisotopic (exact) mass is 388 g/mol. The smallest absolute Gasteiger partial charge is 0.246 e. The highest BCUT2D eigenvalue weighted by molar-refractivity contribution is 6.30. The van der Waals surface area contributed by atoms with Crippen LogP contribution in [0.15, 0.2) is 35.9 Å². The summed E-state index contributed by atoms with van der Waals surface area (Å²) >= 11 is 6.02. The Labute approximate surface area is 165 Å². The number of likely N-dealkylation sites (tertiary alicyclic amines) is 1. The topological polar surface area (TPSA) is 58.6 Å². The van der Waals surface area contributed by atoms with Crippen molar-refractivity contribution >= 4 is 29.5 Å². The first kappa shape index (κ1) is 19.5. The van der Waals surface area contributed by atoms with Gasteiger partial charge in [0.15, 0.2) is 0 Å². The average Bonchev–Trinajstić information content (AvgIpc) is 2.70. The van der Waals surface area contributed by atoms with Crippen LogP contribution in [0.25, 0.3) is 6.08 Å². The lowest BCUT2D eigenvalue weighted by Gasteiger charge is -2.30. The van der Waals surface area contributed by atoms with E-state index in [1.165, 1.54) is 0 Å².